The number of ether oxygens (including phenoxy) is 4. The Balaban J connectivity index is 1.34. The van der Waals surface area contributed by atoms with Crippen LogP contribution in [0.25, 0.3) is 0 Å². The highest BCUT2D eigenvalue weighted by atomic mass is 19.1. The molecule has 1 aliphatic heterocycles. The lowest BCUT2D eigenvalue weighted by Gasteiger charge is -2.22. The van der Waals surface area contributed by atoms with Gasteiger partial charge in [-0.15, -0.1) is 0 Å². The van der Waals surface area contributed by atoms with Gasteiger partial charge in [-0.2, -0.15) is 0 Å². The van der Waals surface area contributed by atoms with E-state index in [1.165, 1.54) is 38.4 Å². The van der Waals surface area contributed by atoms with Crippen LogP contribution in [0.3, 0.4) is 0 Å². The average molecular weight is 529 g/mol. The second kappa shape index (κ2) is 13.2. The van der Waals surface area contributed by atoms with Crippen LogP contribution in [-0.4, -0.2) is 43.9 Å². The van der Waals surface area contributed by atoms with Crippen molar-refractivity contribution in [3.05, 3.63) is 59.4 Å². The molecule has 0 saturated carbocycles. The van der Waals surface area contributed by atoms with Gasteiger partial charge in [0.2, 0.25) is 5.95 Å². The fourth-order valence-electron chi connectivity index (χ4n) is 4.37. The molecule has 1 saturated heterocycles. The second-order valence-electron chi connectivity index (χ2n) is 9.05. The van der Waals surface area contributed by atoms with Gasteiger partial charge in [0.25, 0.3) is 0 Å². The van der Waals surface area contributed by atoms with E-state index in [-0.39, 0.29) is 23.7 Å². The Labute approximate surface area is 221 Å². The third-order valence-corrected chi connectivity index (χ3v) is 6.61. The van der Waals surface area contributed by atoms with Crippen molar-refractivity contribution in [3.8, 4) is 23.0 Å². The molecule has 1 fully saturated rings. The molecule has 3 aromatic rings. The molecule has 38 heavy (non-hydrogen) atoms. The van der Waals surface area contributed by atoms with Gasteiger partial charge in [-0.05, 0) is 68.5 Å². The molecule has 2 N–H and O–H groups in total. The predicted molar refractivity (Wildman–Crippen MR) is 141 cm³/mol. The van der Waals surface area contributed by atoms with Crippen LogP contribution in [0.2, 0.25) is 0 Å². The number of nitrogens with zero attached hydrogens (tertiary/aromatic N) is 2. The molecular weight excluding hydrogens is 494 g/mol. The molecule has 0 radical (unpaired) electrons. The zero-order valence-electron chi connectivity index (χ0n) is 22.0. The molecule has 0 amide bonds. The molecule has 1 aromatic heterocycles. The minimum atomic E-state index is -0.783. The van der Waals surface area contributed by atoms with Crippen LogP contribution in [0.15, 0.2) is 36.7 Å². The third kappa shape index (κ3) is 6.80. The van der Waals surface area contributed by atoms with Gasteiger partial charge < -0.3 is 29.6 Å². The highest BCUT2D eigenvalue weighted by Gasteiger charge is 2.19. The maximum Gasteiger partial charge on any atom is 0.227 e. The van der Waals surface area contributed by atoms with Gasteiger partial charge in [-0.25, -0.2) is 18.7 Å². The molecular formula is C28H34F2N4O4. The van der Waals surface area contributed by atoms with Crippen LogP contribution in [-0.2, 0) is 13.0 Å². The van der Waals surface area contributed by atoms with E-state index in [9.17, 15) is 8.78 Å². The van der Waals surface area contributed by atoms with Crippen molar-refractivity contribution in [2.75, 3.05) is 39.2 Å². The molecule has 0 aliphatic carbocycles. The summed E-state index contributed by atoms with van der Waals surface area (Å²) >= 11 is 0. The zero-order valence-corrected chi connectivity index (χ0v) is 22.0. The molecule has 0 spiro atoms. The first-order valence-corrected chi connectivity index (χ1v) is 12.8. The van der Waals surface area contributed by atoms with Crippen molar-refractivity contribution < 1.29 is 27.7 Å². The van der Waals surface area contributed by atoms with E-state index >= 15 is 0 Å². The third-order valence-electron chi connectivity index (χ3n) is 6.61. The average Bonchev–Trinajstić information content (AvgIpc) is 2.95. The summed E-state index contributed by atoms with van der Waals surface area (Å²) in [4.78, 5) is 8.48. The summed E-state index contributed by atoms with van der Waals surface area (Å²) in [6.07, 6.45) is 6.64. The minimum Gasteiger partial charge on any atom is -0.494 e. The van der Waals surface area contributed by atoms with Crippen molar-refractivity contribution in [1.82, 2.24) is 15.3 Å². The van der Waals surface area contributed by atoms with Crippen molar-refractivity contribution in [1.29, 1.82) is 0 Å². The van der Waals surface area contributed by atoms with Crippen LogP contribution in [0.5, 0.6) is 23.0 Å². The number of piperidine rings is 1. The zero-order chi connectivity index (χ0) is 26.9. The first-order valence-electron chi connectivity index (χ1n) is 12.8. The van der Waals surface area contributed by atoms with E-state index in [0.29, 0.717) is 47.6 Å². The summed E-state index contributed by atoms with van der Waals surface area (Å²) < 4.78 is 51.3. The van der Waals surface area contributed by atoms with E-state index in [1.807, 2.05) is 18.2 Å². The Bertz CT molecular complexity index is 1180. The first-order chi connectivity index (χ1) is 18.5. The Morgan fingerprint density at radius 1 is 0.947 bits per heavy atom. The largest absolute Gasteiger partial charge is 0.494 e. The summed E-state index contributed by atoms with van der Waals surface area (Å²) in [5.41, 5.74) is 0.869. The van der Waals surface area contributed by atoms with Crippen LogP contribution < -0.4 is 29.6 Å². The van der Waals surface area contributed by atoms with Gasteiger partial charge in [0.05, 0.1) is 38.8 Å². The number of methoxy groups -OCH3 is 2. The van der Waals surface area contributed by atoms with Gasteiger partial charge in [0.15, 0.2) is 28.8 Å². The molecule has 4 rings (SSSR count). The van der Waals surface area contributed by atoms with Gasteiger partial charge in [0, 0.05) is 11.8 Å². The van der Waals surface area contributed by atoms with Crippen LogP contribution in [0, 0.1) is 17.6 Å². The SMILES string of the molecule is CCc1cc(OC)c(F)c(COc2cnc(Nc3ccc(OCCC4CCNCC4)c(OC)c3)nc2)c1F. The standard InChI is InChI=1S/C28H34F2N4O4/c1-4-19-13-25(36-3)27(30)22(26(19)29)17-38-21-15-32-28(33-16-21)34-20-5-6-23(24(14-20)35-2)37-12-9-18-7-10-31-11-8-18/h5-6,13-16,18,31H,4,7-12,17H2,1-3H3,(H,32,33,34). The Hall–Kier alpha value is -3.66. The molecule has 204 valence electrons. The minimum absolute atomic E-state index is 0.0220. The van der Waals surface area contributed by atoms with E-state index < -0.39 is 11.6 Å². The molecule has 8 nitrogen and oxygen atoms in total. The number of anilines is 2. The van der Waals surface area contributed by atoms with Gasteiger partial charge >= 0.3 is 0 Å². The monoisotopic (exact) mass is 528 g/mol. The Morgan fingerprint density at radius 3 is 2.37 bits per heavy atom. The van der Waals surface area contributed by atoms with E-state index in [4.69, 9.17) is 18.9 Å². The number of aromatic nitrogens is 2. The van der Waals surface area contributed by atoms with Crippen LogP contribution in [0.1, 0.15) is 37.3 Å². The van der Waals surface area contributed by atoms with Gasteiger partial charge in [-0.1, -0.05) is 6.92 Å². The number of halogens is 2. The highest BCUT2D eigenvalue weighted by Crippen LogP contribution is 2.32. The highest BCUT2D eigenvalue weighted by molar-refractivity contribution is 5.59. The number of benzene rings is 2. The summed E-state index contributed by atoms with van der Waals surface area (Å²) in [5.74, 6) is 1.12. The smallest absolute Gasteiger partial charge is 0.227 e. The molecule has 1 aliphatic rings. The van der Waals surface area contributed by atoms with Crippen molar-refractivity contribution in [2.24, 2.45) is 5.92 Å². The molecule has 0 unspecified atom stereocenters. The molecule has 0 bridgehead atoms. The number of hydrogen-bond acceptors (Lipinski definition) is 8. The topological polar surface area (TPSA) is 86.8 Å². The maximum atomic E-state index is 14.7. The van der Waals surface area contributed by atoms with E-state index in [0.717, 1.165) is 19.5 Å². The van der Waals surface area contributed by atoms with Gasteiger partial charge in [-0.3, -0.25) is 0 Å². The summed E-state index contributed by atoms with van der Waals surface area (Å²) in [6.45, 7) is 4.24. The number of nitrogens with one attached hydrogen (secondary N) is 2. The van der Waals surface area contributed by atoms with Crippen LogP contribution >= 0.6 is 0 Å². The Morgan fingerprint density at radius 2 is 1.68 bits per heavy atom. The fourth-order valence-corrected chi connectivity index (χ4v) is 4.37. The molecule has 0 atom stereocenters. The maximum absolute atomic E-state index is 14.7. The van der Waals surface area contributed by atoms with Crippen LogP contribution in [0.4, 0.5) is 20.4 Å². The normalized spacial score (nSPS) is 13.7. The lowest BCUT2D eigenvalue weighted by atomic mass is 9.95. The van der Waals surface area contributed by atoms with E-state index in [1.54, 1.807) is 14.0 Å². The molecule has 2 aromatic carbocycles. The molecule has 2 heterocycles. The fraction of sp³-hybridized carbons (Fsp3) is 0.429. The molecule has 10 heteroatoms. The summed E-state index contributed by atoms with van der Waals surface area (Å²) in [5, 5.41) is 6.48. The van der Waals surface area contributed by atoms with Crippen molar-refractivity contribution >= 4 is 11.6 Å². The first kappa shape index (κ1) is 27.4. The number of rotatable bonds is 12. The quantitative estimate of drug-likeness (QED) is 0.322. The summed E-state index contributed by atoms with van der Waals surface area (Å²) in [7, 11) is 2.94. The predicted octanol–water partition coefficient (Wildman–Crippen LogP) is 5.43. The van der Waals surface area contributed by atoms with E-state index in [2.05, 4.69) is 20.6 Å². The second-order valence-corrected chi connectivity index (χ2v) is 9.05. The number of hydrogen-bond donors (Lipinski definition) is 2. The van der Waals surface area contributed by atoms with Crippen molar-refractivity contribution in [3.63, 3.8) is 0 Å². The van der Waals surface area contributed by atoms with Crippen molar-refractivity contribution in [2.45, 2.75) is 39.2 Å². The van der Waals surface area contributed by atoms with Gasteiger partial charge in [0.1, 0.15) is 12.4 Å². The number of aryl methyl sites for hydroxylation is 1. The lowest BCUT2D eigenvalue weighted by Crippen LogP contribution is -2.28. The Kier molecular flexibility index (Phi) is 9.53. The summed E-state index contributed by atoms with van der Waals surface area (Å²) in [6, 6.07) is 6.88. The lowest BCUT2D eigenvalue weighted by molar-refractivity contribution is 0.243.